The minimum absolute atomic E-state index is 0.519. The number of benzene rings is 1. The molecule has 4 heteroatoms. The van der Waals surface area contributed by atoms with Gasteiger partial charge in [0.1, 0.15) is 12.4 Å². The maximum absolute atomic E-state index is 5.90. The molecular weight excluding hydrogens is 264 g/mol. The number of ether oxygens (including phenoxy) is 2. The molecule has 2 aromatic heterocycles. The highest BCUT2D eigenvalue weighted by Gasteiger charge is 2.06. The highest BCUT2D eigenvalue weighted by atomic mass is 16.5. The molecule has 0 saturated carbocycles. The number of rotatable bonds is 4. The van der Waals surface area contributed by atoms with E-state index in [2.05, 4.69) is 41.2 Å². The molecule has 3 aromatic rings. The lowest BCUT2D eigenvalue weighted by Crippen LogP contribution is -1.97. The summed E-state index contributed by atoms with van der Waals surface area (Å²) >= 11 is 0. The maximum atomic E-state index is 5.90. The van der Waals surface area contributed by atoms with E-state index in [1.54, 1.807) is 13.3 Å². The molecule has 0 bridgehead atoms. The molecule has 2 heterocycles. The summed E-state index contributed by atoms with van der Waals surface area (Å²) in [4.78, 5) is 8.55. The number of aromatic nitrogens is 2. The summed E-state index contributed by atoms with van der Waals surface area (Å²) in [7, 11) is 1.59. The molecule has 21 heavy (non-hydrogen) atoms. The van der Waals surface area contributed by atoms with Crippen LogP contribution in [0.2, 0.25) is 0 Å². The summed E-state index contributed by atoms with van der Waals surface area (Å²) in [5.74, 6) is 1.32. The zero-order chi connectivity index (χ0) is 14.7. The van der Waals surface area contributed by atoms with Crippen LogP contribution in [0, 0.1) is 6.92 Å². The first-order chi connectivity index (χ1) is 10.3. The van der Waals surface area contributed by atoms with Gasteiger partial charge in [0.15, 0.2) is 5.65 Å². The van der Waals surface area contributed by atoms with E-state index in [-0.39, 0.29) is 0 Å². The number of methoxy groups -OCH3 is 1. The SMILES string of the molecule is COc1ccc2c(OCc3ccc(C)cc3)ccnc2n1. The van der Waals surface area contributed by atoms with Gasteiger partial charge in [-0.2, -0.15) is 4.98 Å². The van der Waals surface area contributed by atoms with Gasteiger partial charge in [0.25, 0.3) is 0 Å². The molecule has 0 amide bonds. The van der Waals surface area contributed by atoms with E-state index in [1.807, 2.05) is 18.2 Å². The van der Waals surface area contributed by atoms with Crippen LogP contribution in [-0.4, -0.2) is 17.1 Å². The zero-order valence-corrected chi connectivity index (χ0v) is 12.0. The van der Waals surface area contributed by atoms with Crippen LogP contribution in [0.25, 0.3) is 11.0 Å². The van der Waals surface area contributed by atoms with Crippen molar-refractivity contribution in [3.8, 4) is 11.6 Å². The third-order valence-corrected chi connectivity index (χ3v) is 3.26. The number of hydrogen-bond donors (Lipinski definition) is 0. The van der Waals surface area contributed by atoms with Crippen molar-refractivity contribution in [2.75, 3.05) is 7.11 Å². The van der Waals surface area contributed by atoms with Gasteiger partial charge in [0.05, 0.1) is 12.5 Å². The standard InChI is InChI=1S/C17H16N2O2/c1-12-3-5-13(6-4-12)11-21-15-9-10-18-17-14(15)7-8-16(19-17)20-2/h3-10H,11H2,1-2H3. The van der Waals surface area contributed by atoms with Crippen molar-refractivity contribution in [2.24, 2.45) is 0 Å². The van der Waals surface area contributed by atoms with Gasteiger partial charge >= 0.3 is 0 Å². The molecule has 0 spiro atoms. The first-order valence-electron chi connectivity index (χ1n) is 6.74. The predicted molar refractivity (Wildman–Crippen MR) is 81.6 cm³/mol. The number of hydrogen-bond acceptors (Lipinski definition) is 4. The average Bonchev–Trinajstić information content (AvgIpc) is 2.53. The van der Waals surface area contributed by atoms with Crippen LogP contribution in [0.5, 0.6) is 11.6 Å². The summed E-state index contributed by atoms with van der Waals surface area (Å²) in [5.41, 5.74) is 2.99. The van der Waals surface area contributed by atoms with Crippen LogP contribution in [0.1, 0.15) is 11.1 Å². The Labute approximate surface area is 123 Å². The van der Waals surface area contributed by atoms with E-state index in [1.165, 1.54) is 5.56 Å². The molecule has 0 N–H and O–H groups in total. The second-order valence-electron chi connectivity index (χ2n) is 4.81. The lowest BCUT2D eigenvalue weighted by Gasteiger charge is -2.09. The first kappa shape index (κ1) is 13.4. The maximum Gasteiger partial charge on any atom is 0.215 e. The Bertz CT molecular complexity index is 754. The molecule has 0 aliphatic carbocycles. The molecule has 0 aliphatic rings. The fraction of sp³-hybridized carbons (Fsp3) is 0.176. The summed E-state index contributed by atoms with van der Waals surface area (Å²) < 4.78 is 11.0. The predicted octanol–water partition coefficient (Wildman–Crippen LogP) is 3.53. The third kappa shape index (κ3) is 2.94. The Morgan fingerprint density at radius 3 is 2.57 bits per heavy atom. The molecule has 4 nitrogen and oxygen atoms in total. The molecule has 0 fully saturated rings. The minimum atomic E-state index is 0.519. The van der Waals surface area contributed by atoms with E-state index in [4.69, 9.17) is 9.47 Å². The van der Waals surface area contributed by atoms with Crippen LogP contribution in [-0.2, 0) is 6.61 Å². The van der Waals surface area contributed by atoms with Crippen molar-refractivity contribution in [2.45, 2.75) is 13.5 Å². The van der Waals surface area contributed by atoms with Gasteiger partial charge in [-0.3, -0.25) is 0 Å². The molecule has 106 valence electrons. The van der Waals surface area contributed by atoms with E-state index < -0.39 is 0 Å². The van der Waals surface area contributed by atoms with Gasteiger partial charge in [-0.05, 0) is 24.6 Å². The van der Waals surface area contributed by atoms with Gasteiger partial charge in [0.2, 0.25) is 5.88 Å². The molecule has 0 saturated heterocycles. The number of nitrogens with zero attached hydrogens (tertiary/aromatic N) is 2. The van der Waals surface area contributed by atoms with Crippen LogP contribution in [0.4, 0.5) is 0 Å². The molecular formula is C17H16N2O2. The number of aryl methyl sites for hydroxylation is 1. The lowest BCUT2D eigenvalue weighted by atomic mass is 10.2. The first-order valence-corrected chi connectivity index (χ1v) is 6.74. The highest BCUT2D eigenvalue weighted by Crippen LogP contribution is 2.25. The monoisotopic (exact) mass is 280 g/mol. The van der Waals surface area contributed by atoms with Gasteiger partial charge < -0.3 is 9.47 Å². The molecule has 1 aromatic carbocycles. The Balaban J connectivity index is 1.85. The van der Waals surface area contributed by atoms with Crippen LogP contribution in [0.15, 0.2) is 48.7 Å². The van der Waals surface area contributed by atoms with Gasteiger partial charge in [-0.25, -0.2) is 4.98 Å². The summed E-state index contributed by atoms with van der Waals surface area (Å²) in [5, 5.41) is 0.880. The quantitative estimate of drug-likeness (QED) is 0.733. The van der Waals surface area contributed by atoms with Crippen LogP contribution in [0.3, 0.4) is 0 Å². The minimum Gasteiger partial charge on any atom is -0.488 e. The zero-order valence-electron chi connectivity index (χ0n) is 12.0. The normalized spacial score (nSPS) is 10.6. The van der Waals surface area contributed by atoms with Crippen molar-refractivity contribution in [3.05, 3.63) is 59.8 Å². The number of pyridine rings is 2. The van der Waals surface area contributed by atoms with Crippen LogP contribution >= 0.6 is 0 Å². The van der Waals surface area contributed by atoms with Gasteiger partial charge in [-0.1, -0.05) is 29.8 Å². The summed E-state index contributed by atoms with van der Waals surface area (Å²) in [6, 6.07) is 13.9. The molecule has 0 unspecified atom stereocenters. The van der Waals surface area contributed by atoms with Crippen molar-refractivity contribution < 1.29 is 9.47 Å². The van der Waals surface area contributed by atoms with Gasteiger partial charge in [-0.15, -0.1) is 0 Å². The Kier molecular flexibility index (Phi) is 3.69. The Morgan fingerprint density at radius 2 is 1.81 bits per heavy atom. The summed E-state index contributed by atoms with van der Waals surface area (Å²) in [6.07, 6.45) is 1.69. The molecule has 0 atom stereocenters. The molecule has 0 radical (unpaired) electrons. The van der Waals surface area contributed by atoms with Gasteiger partial charge in [0, 0.05) is 12.3 Å². The Hall–Kier alpha value is -2.62. The van der Waals surface area contributed by atoms with Crippen molar-refractivity contribution >= 4 is 11.0 Å². The molecule has 3 rings (SSSR count). The van der Waals surface area contributed by atoms with E-state index >= 15 is 0 Å². The second-order valence-corrected chi connectivity index (χ2v) is 4.81. The van der Waals surface area contributed by atoms with Crippen molar-refractivity contribution in [3.63, 3.8) is 0 Å². The average molecular weight is 280 g/mol. The number of fused-ring (bicyclic) bond motifs is 1. The summed E-state index contributed by atoms with van der Waals surface area (Å²) in [6.45, 7) is 2.59. The lowest BCUT2D eigenvalue weighted by molar-refractivity contribution is 0.309. The topological polar surface area (TPSA) is 44.2 Å². The van der Waals surface area contributed by atoms with E-state index in [9.17, 15) is 0 Å². The fourth-order valence-electron chi connectivity index (χ4n) is 2.07. The van der Waals surface area contributed by atoms with E-state index in [0.717, 1.165) is 16.7 Å². The second kappa shape index (κ2) is 5.79. The van der Waals surface area contributed by atoms with E-state index in [0.29, 0.717) is 18.1 Å². The third-order valence-electron chi connectivity index (χ3n) is 3.26. The van der Waals surface area contributed by atoms with Crippen molar-refractivity contribution in [1.82, 2.24) is 9.97 Å². The van der Waals surface area contributed by atoms with Crippen LogP contribution < -0.4 is 9.47 Å². The fourth-order valence-corrected chi connectivity index (χ4v) is 2.07. The van der Waals surface area contributed by atoms with Crippen molar-refractivity contribution in [1.29, 1.82) is 0 Å². The Morgan fingerprint density at radius 1 is 1.00 bits per heavy atom. The highest BCUT2D eigenvalue weighted by molar-refractivity contribution is 5.82. The largest absolute Gasteiger partial charge is 0.488 e. The smallest absolute Gasteiger partial charge is 0.215 e. The molecule has 0 aliphatic heterocycles.